The number of ether oxygens (including phenoxy) is 1. The zero-order valence-corrected chi connectivity index (χ0v) is 15.1. The van der Waals surface area contributed by atoms with Gasteiger partial charge in [0.15, 0.2) is 0 Å². The number of carbonyl (C=O) groups is 1. The van der Waals surface area contributed by atoms with Gasteiger partial charge < -0.3 is 20.1 Å². The Balaban J connectivity index is 2.71. The van der Waals surface area contributed by atoms with E-state index in [1.54, 1.807) is 18.9 Å². The summed E-state index contributed by atoms with van der Waals surface area (Å²) >= 11 is 0. The van der Waals surface area contributed by atoms with Crippen molar-refractivity contribution in [3.05, 3.63) is 29.8 Å². The first kappa shape index (κ1) is 19.3. The van der Waals surface area contributed by atoms with Crippen LogP contribution >= 0.6 is 0 Å². The zero-order valence-electron chi connectivity index (χ0n) is 15.1. The number of aliphatic hydroxyl groups excluding tert-OH is 1. The molecule has 2 amide bonds. The number of nitrogens with zero attached hydrogens (tertiary/aromatic N) is 1. The third-order valence-electron chi connectivity index (χ3n) is 3.90. The lowest BCUT2D eigenvalue weighted by molar-refractivity contribution is 0.118. The Bertz CT molecular complexity index is 495. The molecule has 1 atom stereocenters. The number of urea groups is 1. The molecule has 23 heavy (non-hydrogen) atoms. The molecule has 130 valence electrons. The van der Waals surface area contributed by atoms with Crippen LogP contribution in [0.25, 0.3) is 0 Å². The molecular formula is C18H30N2O3. The number of hydrogen-bond donors (Lipinski definition) is 2. The van der Waals surface area contributed by atoms with E-state index < -0.39 is 6.10 Å². The van der Waals surface area contributed by atoms with Crippen molar-refractivity contribution < 1.29 is 14.6 Å². The van der Waals surface area contributed by atoms with Crippen LogP contribution in [0.5, 0.6) is 5.75 Å². The number of hydrogen-bond acceptors (Lipinski definition) is 3. The van der Waals surface area contributed by atoms with E-state index in [0.29, 0.717) is 13.1 Å². The molecule has 0 radical (unpaired) electrons. The molecule has 2 N–H and O–H groups in total. The average Bonchev–Trinajstić information content (AvgIpc) is 2.50. The lowest BCUT2D eigenvalue weighted by atomic mass is 9.84. The van der Waals surface area contributed by atoms with Crippen molar-refractivity contribution in [1.82, 2.24) is 10.2 Å². The maximum atomic E-state index is 12.4. The smallest absolute Gasteiger partial charge is 0.317 e. The van der Waals surface area contributed by atoms with Gasteiger partial charge in [-0.3, -0.25) is 0 Å². The lowest BCUT2D eigenvalue weighted by Crippen LogP contribution is -2.49. The lowest BCUT2D eigenvalue weighted by Gasteiger charge is -2.31. The molecule has 0 aromatic heterocycles. The highest BCUT2D eigenvalue weighted by molar-refractivity contribution is 5.74. The minimum Gasteiger partial charge on any atom is -0.497 e. The predicted molar refractivity (Wildman–Crippen MR) is 92.9 cm³/mol. The number of amides is 2. The van der Waals surface area contributed by atoms with Gasteiger partial charge in [0.05, 0.1) is 13.2 Å². The summed E-state index contributed by atoms with van der Waals surface area (Å²) in [5, 5.41) is 12.5. The summed E-state index contributed by atoms with van der Waals surface area (Å²) < 4.78 is 5.17. The minimum atomic E-state index is -0.544. The molecule has 0 saturated carbocycles. The first-order valence-electron chi connectivity index (χ1n) is 8.04. The molecule has 0 heterocycles. The highest BCUT2D eigenvalue weighted by atomic mass is 16.5. The van der Waals surface area contributed by atoms with Crippen LogP contribution < -0.4 is 10.1 Å². The van der Waals surface area contributed by atoms with Gasteiger partial charge in [-0.25, -0.2) is 4.79 Å². The number of carbonyl (C=O) groups excluding carboxylic acids is 1. The summed E-state index contributed by atoms with van der Waals surface area (Å²) in [6.07, 6.45) is -0.544. The monoisotopic (exact) mass is 322 g/mol. The zero-order chi connectivity index (χ0) is 17.6. The number of nitrogens with one attached hydrogen (secondary N) is 1. The van der Waals surface area contributed by atoms with Crippen molar-refractivity contribution in [3.8, 4) is 5.75 Å². The molecule has 0 aliphatic rings. The van der Waals surface area contributed by atoms with Crippen LogP contribution in [0, 0.1) is 0 Å². The fourth-order valence-electron chi connectivity index (χ4n) is 2.36. The Morgan fingerprint density at radius 2 is 1.83 bits per heavy atom. The first-order valence-corrected chi connectivity index (χ1v) is 8.04. The van der Waals surface area contributed by atoms with Crippen LogP contribution in [0.2, 0.25) is 0 Å². The van der Waals surface area contributed by atoms with Gasteiger partial charge in [0.1, 0.15) is 5.75 Å². The second-order valence-electron chi connectivity index (χ2n) is 6.87. The van der Waals surface area contributed by atoms with Gasteiger partial charge >= 0.3 is 6.03 Å². The Morgan fingerprint density at radius 1 is 1.26 bits per heavy atom. The van der Waals surface area contributed by atoms with Crippen LogP contribution in [0.4, 0.5) is 4.79 Å². The van der Waals surface area contributed by atoms with Gasteiger partial charge in [-0.2, -0.15) is 0 Å². The van der Waals surface area contributed by atoms with Crippen molar-refractivity contribution in [3.63, 3.8) is 0 Å². The molecule has 1 rings (SSSR count). The number of aliphatic hydroxyl groups is 1. The van der Waals surface area contributed by atoms with Gasteiger partial charge in [0.2, 0.25) is 0 Å². The molecule has 5 heteroatoms. The maximum Gasteiger partial charge on any atom is 0.317 e. The standard InChI is InChI=1S/C18H30N2O3/c1-13(2)20(11-14(3)21)17(22)19-12-18(4,5)15-7-9-16(23-6)10-8-15/h7-10,13-14,21H,11-12H2,1-6H3,(H,19,22). The summed E-state index contributed by atoms with van der Waals surface area (Å²) in [7, 11) is 1.64. The van der Waals surface area contributed by atoms with Crippen LogP contribution in [0.15, 0.2) is 24.3 Å². The Morgan fingerprint density at radius 3 is 2.26 bits per heavy atom. The molecule has 0 bridgehead atoms. The molecule has 0 spiro atoms. The predicted octanol–water partition coefficient (Wildman–Crippen LogP) is 2.77. The quantitative estimate of drug-likeness (QED) is 0.811. The Hall–Kier alpha value is -1.75. The molecular weight excluding hydrogens is 292 g/mol. The van der Waals surface area contributed by atoms with Crippen LogP contribution in [-0.2, 0) is 5.41 Å². The second-order valence-corrected chi connectivity index (χ2v) is 6.87. The fraction of sp³-hybridized carbons (Fsp3) is 0.611. The van der Waals surface area contributed by atoms with Crippen LogP contribution in [0.3, 0.4) is 0 Å². The van der Waals surface area contributed by atoms with Gasteiger partial charge in [-0.15, -0.1) is 0 Å². The van der Waals surface area contributed by atoms with Gasteiger partial charge in [-0.1, -0.05) is 26.0 Å². The van der Waals surface area contributed by atoms with Gasteiger partial charge in [0.25, 0.3) is 0 Å². The Kier molecular flexibility index (Phi) is 6.88. The Labute approximate surface area is 139 Å². The summed E-state index contributed by atoms with van der Waals surface area (Å²) in [6.45, 7) is 10.6. The number of rotatable bonds is 7. The first-order chi connectivity index (χ1) is 10.7. The van der Waals surface area contributed by atoms with Crippen molar-refractivity contribution in [1.29, 1.82) is 0 Å². The molecule has 1 aromatic carbocycles. The largest absolute Gasteiger partial charge is 0.497 e. The average molecular weight is 322 g/mol. The highest BCUT2D eigenvalue weighted by Gasteiger charge is 2.24. The summed E-state index contributed by atoms with van der Waals surface area (Å²) in [4.78, 5) is 14.0. The second kappa shape index (κ2) is 8.20. The topological polar surface area (TPSA) is 61.8 Å². The van der Waals surface area contributed by atoms with Crippen molar-refractivity contribution in [2.75, 3.05) is 20.2 Å². The van der Waals surface area contributed by atoms with E-state index >= 15 is 0 Å². The third-order valence-corrected chi connectivity index (χ3v) is 3.90. The van der Waals surface area contributed by atoms with E-state index in [1.165, 1.54) is 0 Å². The normalized spacial score (nSPS) is 12.9. The summed E-state index contributed by atoms with van der Waals surface area (Å²) in [5.74, 6) is 0.816. The molecule has 5 nitrogen and oxygen atoms in total. The van der Waals surface area contributed by atoms with E-state index in [9.17, 15) is 9.90 Å². The van der Waals surface area contributed by atoms with E-state index in [-0.39, 0.29) is 17.5 Å². The molecule has 0 aliphatic heterocycles. The van der Waals surface area contributed by atoms with Crippen molar-refractivity contribution in [2.24, 2.45) is 0 Å². The van der Waals surface area contributed by atoms with Crippen molar-refractivity contribution in [2.45, 2.75) is 52.2 Å². The maximum absolute atomic E-state index is 12.4. The minimum absolute atomic E-state index is 0.0358. The molecule has 0 fully saturated rings. The molecule has 1 aromatic rings. The van der Waals surface area contributed by atoms with E-state index in [2.05, 4.69) is 19.2 Å². The van der Waals surface area contributed by atoms with Gasteiger partial charge in [-0.05, 0) is 38.5 Å². The van der Waals surface area contributed by atoms with Crippen molar-refractivity contribution >= 4 is 6.03 Å². The summed E-state index contributed by atoms with van der Waals surface area (Å²) in [5.41, 5.74) is 0.931. The molecule has 1 unspecified atom stereocenters. The van der Waals surface area contributed by atoms with E-state index in [1.807, 2.05) is 38.1 Å². The summed E-state index contributed by atoms with van der Waals surface area (Å²) in [6, 6.07) is 7.76. The third kappa shape index (κ3) is 5.75. The highest BCUT2D eigenvalue weighted by Crippen LogP contribution is 2.24. The van der Waals surface area contributed by atoms with Crippen LogP contribution in [-0.4, -0.2) is 48.4 Å². The van der Waals surface area contributed by atoms with E-state index in [4.69, 9.17) is 4.74 Å². The fourth-order valence-corrected chi connectivity index (χ4v) is 2.36. The van der Waals surface area contributed by atoms with Gasteiger partial charge in [0, 0.05) is 24.5 Å². The SMILES string of the molecule is COc1ccc(C(C)(C)CNC(=O)N(CC(C)O)C(C)C)cc1. The number of benzene rings is 1. The number of methoxy groups -OCH3 is 1. The van der Waals surface area contributed by atoms with E-state index in [0.717, 1.165) is 11.3 Å². The molecule has 0 aliphatic carbocycles. The van der Waals surface area contributed by atoms with Crippen LogP contribution in [0.1, 0.15) is 40.2 Å². The molecule has 0 saturated heterocycles.